The molecule has 114 valence electrons. The van der Waals surface area contributed by atoms with Crippen LogP contribution in [-0.2, 0) is 12.7 Å². The van der Waals surface area contributed by atoms with Crippen LogP contribution in [-0.4, -0.2) is 15.3 Å². The van der Waals surface area contributed by atoms with Crippen molar-refractivity contribution in [2.24, 2.45) is 0 Å². The van der Waals surface area contributed by atoms with Crippen molar-refractivity contribution in [2.75, 3.05) is 0 Å². The van der Waals surface area contributed by atoms with Gasteiger partial charge in [-0.3, -0.25) is 0 Å². The molecular formula is C15H18F3N3. The first kappa shape index (κ1) is 15.6. The van der Waals surface area contributed by atoms with E-state index in [-0.39, 0.29) is 5.54 Å². The van der Waals surface area contributed by atoms with Gasteiger partial charge in [0.05, 0.1) is 17.4 Å². The Bertz CT molecular complexity index is 609. The normalized spacial score (nSPS) is 12.7. The summed E-state index contributed by atoms with van der Waals surface area (Å²) in [6.07, 6.45) is -2.53. The molecule has 1 aromatic heterocycles. The van der Waals surface area contributed by atoms with E-state index in [0.717, 1.165) is 18.0 Å². The summed E-state index contributed by atoms with van der Waals surface area (Å²) in [5.41, 5.74) is 0.712. The van der Waals surface area contributed by atoms with E-state index < -0.39 is 11.7 Å². The van der Waals surface area contributed by atoms with Gasteiger partial charge >= 0.3 is 6.18 Å². The van der Waals surface area contributed by atoms with Gasteiger partial charge in [0.15, 0.2) is 0 Å². The van der Waals surface area contributed by atoms with Crippen molar-refractivity contribution < 1.29 is 13.2 Å². The first-order valence-corrected chi connectivity index (χ1v) is 6.62. The lowest BCUT2D eigenvalue weighted by atomic mass is 10.1. The zero-order valence-electron chi connectivity index (χ0n) is 12.2. The summed E-state index contributed by atoms with van der Waals surface area (Å²) in [5, 5.41) is 7.15. The Morgan fingerprint density at radius 3 is 2.38 bits per heavy atom. The minimum Gasteiger partial charge on any atom is -0.308 e. The Hall–Kier alpha value is -1.82. The lowest BCUT2D eigenvalue weighted by Gasteiger charge is -2.21. The number of hydrogen-bond donors (Lipinski definition) is 1. The molecule has 0 aliphatic carbocycles. The minimum atomic E-state index is -4.38. The molecule has 0 fully saturated rings. The van der Waals surface area contributed by atoms with Gasteiger partial charge < -0.3 is 5.32 Å². The number of nitrogens with zero attached hydrogens (tertiary/aromatic N) is 2. The number of nitrogens with one attached hydrogen (secondary N) is 1. The van der Waals surface area contributed by atoms with Crippen molar-refractivity contribution in [3.8, 4) is 5.69 Å². The molecule has 0 saturated heterocycles. The number of benzene rings is 1. The summed E-state index contributed by atoms with van der Waals surface area (Å²) in [5.74, 6) is 0. The van der Waals surface area contributed by atoms with E-state index in [0.29, 0.717) is 12.2 Å². The maximum atomic E-state index is 12.7. The molecular weight excluding hydrogens is 279 g/mol. The lowest BCUT2D eigenvalue weighted by Crippen LogP contribution is -2.35. The van der Waals surface area contributed by atoms with Gasteiger partial charge in [-0.25, -0.2) is 4.68 Å². The van der Waals surface area contributed by atoms with E-state index in [1.54, 1.807) is 12.1 Å². The highest BCUT2D eigenvalue weighted by Gasteiger charge is 2.32. The highest BCUT2D eigenvalue weighted by atomic mass is 19.4. The Balaban J connectivity index is 2.30. The number of halogens is 3. The van der Waals surface area contributed by atoms with Crippen molar-refractivity contribution in [1.29, 1.82) is 0 Å². The molecule has 3 nitrogen and oxygen atoms in total. The van der Waals surface area contributed by atoms with Crippen molar-refractivity contribution in [3.05, 3.63) is 47.8 Å². The molecule has 0 saturated carbocycles. The molecule has 6 heteroatoms. The molecule has 2 rings (SSSR count). The van der Waals surface area contributed by atoms with Crippen molar-refractivity contribution in [1.82, 2.24) is 15.1 Å². The third kappa shape index (κ3) is 4.07. The van der Waals surface area contributed by atoms with Crippen LogP contribution in [0.1, 0.15) is 31.9 Å². The van der Waals surface area contributed by atoms with Crippen molar-refractivity contribution >= 4 is 0 Å². The molecule has 2 aromatic rings. The maximum Gasteiger partial charge on any atom is 0.419 e. The average molecular weight is 297 g/mol. The Morgan fingerprint density at radius 2 is 1.81 bits per heavy atom. The Morgan fingerprint density at radius 1 is 1.14 bits per heavy atom. The Labute approximate surface area is 121 Å². The number of alkyl halides is 3. The first-order valence-electron chi connectivity index (χ1n) is 6.62. The average Bonchev–Trinajstić information content (AvgIpc) is 2.85. The molecule has 0 atom stereocenters. The largest absolute Gasteiger partial charge is 0.419 e. The fourth-order valence-electron chi connectivity index (χ4n) is 1.85. The molecule has 1 N–H and O–H groups in total. The summed E-state index contributed by atoms with van der Waals surface area (Å²) in [7, 11) is 0. The molecule has 0 radical (unpaired) electrons. The molecule has 0 aliphatic rings. The summed E-state index contributed by atoms with van der Waals surface area (Å²) >= 11 is 0. The van der Waals surface area contributed by atoms with Crippen LogP contribution in [0.15, 0.2) is 36.7 Å². The molecule has 0 bridgehead atoms. The molecule has 0 aliphatic heterocycles. The van der Waals surface area contributed by atoms with E-state index in [4.69, 9.17) is 0 Å². The van der Waals surface area contributed by atoms with Gasteiger partial charge in [-0.2, -0.15) is 18.3 Å². The fourth-order valence-corrected chi connectivity index (χ4v) is 1.85. The van der Waals surface area contributed by atoms with E-state index in [9.17, 15) is 13.2 Å². The summed E-state index contributed by atoms with van der Waals surface area (Å²) in [4.78, 5) is 0. The van der Waals surface area contributed by atoms with Crippen molar-refractivity contribution in [3.63, 3.8) is 0 Å². The van der Waals surface area contributed by atoms with Gasteiger partial charge in [0.2, 0.25) is 0 Å². The summed E-state index contributed by atoms with van der Waals surface area (Å²) < 4.78 is 39.2. The van der Waals surface area contributed by atoms with Gasteiger partial charge in [0, 0.05) is 18.3 Å². The van der Waals surface area contributed by atoms with Crippen LogP contribution in [0.5, 0.6) is 0 Å². The van der Waals surface area contributed by atoms with Crippen LogP contribution in [0.2, 0.25) is 0 Å². The standard InChI is InChI=1S/C15H18F3N3/c1-14(2,3)19-8-11-6-4-5-7-13(11)21-10-12(9-20-21)15(16,17)18/h4-7,9-10,19H,8H2,1-3H3. The van der Waals surface area contributed by atoms with Gasteiger partial charge in [-0.1, -0.05) is 18.2 Å². The SMILES string of the molecule is CC(C)(C)NCc1ccccc1-n1cc(C(F)(F)F)cn1. The van der Waals surface area contributed by atoms with Crippen LogP contribution in [0.3, 0.4) is 0 Å². The predicted octanol–water partition coefficient (Wildman–Crippen LogP) is 3.78. The molecule has 0 amide bonds. The minimum absolute atomic E-state index is 0.0750. The third-order valence-corrected chi connectivity index (χ3v) is 2.96. The van der Waals surface area contributed by atoms with Gasteiger partial charge in [0.25, 0.3) is 0 Å². The number of aromatic nitrogens is 2. The molecule has 21 heavy (non-hydrogen) atoms. The lowest BCUT2D eigenvalue weighted by molar-refractivity contribution is -0.137. The quantitative estimate of drug-likeness (QED) is 0.934. The van der Waals surface area contributed by atoms with E-state index in [1.807, 2.05) is 32.9 Å². The molecule has 0 spiro atoms. The predicted molar refractivity (Wildman–Crippen MR) is 75.2 cm³/mol. The number of para-hydroxylation sites is 1. The molecule has 0 unspecified atom stereocenters. The van der Waals surface area contributed by atoms with Crippen LogP contribution in [0, 0.1) is 0 Å². The smallest absolute Gasteiger partial charge is 0.308 e. The second-order valence-electron chi connectivity index (χ2n) is 5.90. The topological polar surface area (TPSA) is 29.9 Å². The highest BCUT2D eigenvalue weighted by molar-refractivity contribution is 5.40. The van der Waals surface area contributed by atoms with Crippen LogP contribution in [0.25, 0.3) is 5.69 Å². The second kappa shape index (κ2) is 5.52. The van der Waals surface area contributed by atoms with Gasteiger partial charge in [-0.05, 0) is 32.4 Å². The monoisotopic (exact) mass is 297 g/mol. The first-order chi connectivity index (χ1) is 9.67. The summed E-state index contributed by atoms with van der Waals surface area (Å²) in [6.45, 7) is 6.66. The molecule has 1 aromatic carbocycles. The third-order valence-electron chi connectivity index (χ3n) is 2.96. The summed E-state index contributed by atoms with van der Waals surface area (Å²) in [6, 6.07) is 7.28. The van der Waals surface area contributed by atoms with E-state index >= 15 is 0 Å². The second-order valence-corrected chi connectivity index (χ2v) is 5.90. The highest BCUT2D eigenvalue weighted by Crippen LogP contribution is 2.29. The number of rotatable bonds is 3. The number of hydrogen-bond acceptors (Lipinski definition) is 2. The van der Waals surface area contributed by atoms with Gasteiger partial charge in [-0.15, -0.1) is 0 Å². The van der Waals surface area contributed by atoms with Crippen LogP contribution >= 0.6 is 0 Å². The van der Waals surface area contributed by atoms with Crippen molar-refractivity contribution in [2.45, 2.75) is 39.0 Å². The zero-order chi connectivity index (χ0) is 15.7. The Kier molecular flexibility index (Phi) is 4.09. The van der Waals surface area contributed by atoms with Gasteiger partial charge in [0.1, 0.15) is 0 Å². The van der Waals surface area contributed by atoms with E-state index in [2.05, 4.69) is 10.4 Å². The molecule has 1 heterocycles. The van der Waals surface area contributed by atoms with Crippen LogP contribution < -0.4 is 5.32 Å². The zero-order valence-corrected chi connectivity index (χ0v) is 12.2. The fraction of sp³-hybridized carbons (Fsp3) is 0.400. The maximum absolute atomic E-state index is 12.7. The van der Waals surface area contributed by atoms with E-state index in [1.165, 1.54) is 4.68 Å². The van der Waals surface area contributed by atoms with Crippen LogP contribution in [0.4, 0.5) is 13.2 Å².